The summed E-state index contributed by atoms with van der Waals surface area (Å²) < 4.78 is 46.1. The van der Waals surface area contributed by atoms with Crippen molar-refractivity contribution < 1.29 is 22.7 Å². The summed E-state index contributed by atoms with van der Waals surface area (Å²) in [6, 6.07) is 4.22. The molecule has 24 heavy (non-hydrogen) atoms. The summed E-state index contributed by atoms with van der Waals surface area (Å²) in [6.07, 6.45) is -3.69. The molecule has 9 heteroatoms. The van der Waals surface area contributed by atoms with Crippen molar-refractivity contribution in [2.45, 2.75) is 24.7 Å². The number of amides is 1. The normalized spacial score (nSPS) is 20.2. The molecule has 1 aliphatic rings. The zero-order valence-electron chi connectivity index (χ0n) is 12.7. The quantitative estimate of drug-likeness (QED) is 0.900. The molecule has 0 spiro atoms. The molecule has 2 atom stereocenters. The molecule has 0 unspecified atom stereocenters. The number of primary amides is 1. The first-order valence-electron chi connectivity index (χ1n) is 7.15. The van der Waals surface area contributed by atoms with Crippen molar-refractivity contribution in [3.63, 3.8) is 0 Å². The molecule has 0 saturated carbocycles. The van der Waals surface area contributed by atoms with Crippen LogP contribution in [0.2, 0.25) is 0 Å². The van der Waals surface area contributed by atoms with Gasteiger partial charge in [0.1, 0.15) is 17.1 Å². The summed E-state index contributed by atoms with van der Waals surface area (Å²) in [6.45, 7) is 0. The number of hydrogen-bond acceptors (Lipinski definition) is 4. The molecule has 1 aliphatic heterocycles. The highest BCUT2D eigenvalue weighted by atomic mass is 19.4. The Balaban J connectivity index is 2.02. The third-order valence-corrected chi connectivity index (χ3v) is 4.02. The van der Waals surface area contributed by atoms with Crippen LogP contribution in [0.25, 0.3) is 0 Å². The van der Waals surface area contributed by atoms with Crippen molar-refractivity contribution in [2.75, 3.05) is 12.4 Å². The van der Waals surface area contributed by atoms with E-state index in [1.165, 1.54) is 7.11 Å². The minimum Gasteiger partial charge on any atom is -0.497 e. The fourth-order valence-electron chi connectivity index (χ4n) is 2.80. The van der Waals surface area contributed by atoms with Gasteiger partial charge in [-0.2, -0.15) is 18.3 Å². The SMILES string of the molecule is COc1ccc([C@@H]2C[C@@H](C(F)(F)F)n3ncc(C(N)=O)c3N2)cc1. The van der Waals surface area contributed by atoms with Crippen molar-refractivity contribution in [3.8, 4) is 5.75 Å². The first kappa shape index (κ1) is 16.2. The number of nitrogens with one attached hydrogen (secondary N) is 1. The molecule has 128 valence electrons. The maximum Gasteiger partial charge on any atom is 0.410 e. The number of ether oxygens (including phenoxy) is 1. The van der Waals surface area contributed by atoms with E-state index in [1.54, 1.807) is 24.3 Å². The number of benzene rings is 1. The summed E-state index contributed by atoms with van der Waals surface area (Å²) in [5.41, 5.74) is 5.81. The van der Waals surface area contributed by atoms with Crippen LogP contribution in [0.4, 0.5) is 19.0 Å². The lowest BCUT2D eigenvalue weighted by atomic mass is 9.96. The number of fused-ring (bicyclic) bond motifs is 1. The van der Waals surface area contributed by atoms with Crippen LogP contribution in [0.3, 0.4) is 0 Å². The number of methoxy groups -OCH3 is 1. The van der Waals surface area contributed by atoms with Gasteiger partial charge in [-0.3, -0.25) is 4.79 Å². The summed E-state index contributed by atoms with van der Waals surface area (Å²) in [4.78, 5) is 11.4. The van der Waals surface area contributed by atoms with E-state index in [9.17, 15) is 18.0 Å². The molecular formula is C15H15F3N4O2. The molecule has 0 aliphatic carbocycles. The van der Waals surface area contributed by atoms with Crippen molar-refractivity contribution >= 4 is 11.7 Å². The zero-order valence-corrected chi connectivity index (χ0v) is 12.7. The number of halogens is 3. The van der Waals surface area contributed by atoms with Gasteiger partial charge in [-0.25, -0.2) is 4.68 Å². The number of hydrogen-bond donors (Lipinski definition) is 2. The van der Waals surface area contributed by atoms with Crippen LogP contribution in [0.1, 0.15) is 34.4 Å². The Kier molecular flexibility index (Phi) is 3.86. The standard InChI is InChI=1S/C15H15F3N4O2/c1-24-9-4-2-8(3-5-9)11-6-12(15(16,17)18)22-14(21-11)10(7-20-22)13(19)23/h2-5,7,11-12,21H,6H2,1H3,(H2,19,23)/t11-,12-/m0/s1. The van der Waals surface area contributed by atoms with Gasteiger partial charge in [-0.1, -0.05) is 12.1 Å². The van der Waals surface area contributed by atoms with E-state index in [0.717, 1.165) is 10.9 Å². The molecule has 2 heterocycles. The summed E-state index contributed by atoms with van der Waals surface area (Å²) in [5.74, 6) is -0.248. The van der Waals surface area contributed by atoms with E-state index in [4.69, 9.17) is 10.5 Å². The number of aromatic nitrogens is 2. The van der Waals surface area contributed by atoms with Crippen LogP contribution in [0, 0.1) is 0 Å². The summed E-state index contributed by atoms with van der Waals surface area (Å²) in [5, 5.41) is 6.64. The van der Waals surface area contributed by atoms with E-state index < -0.39 is 24.2 Å². The topological polar surface area (TPSA) is 82.2 Å². The highest BCUT2D eigenvalue weighted by Gasteiger charge is 2.47. The molecule has 3 rings (SSSR count). The van der Waals surface area contributed by atoms with E-state index in [2.05, 4.69) is 10.4 Å². The number of rotatable bonds is 3. The van der Waals surface area contributed by atoms with E-state index in [1.807, 2.05) is 0 Å². The van der Waals surface area contributed by atoms with Gasteiger partial charge in [-0.15, -0.1) is 0 Å². The predicted molar refractivity (Wildman–Crippen MR) is 79.8 cm³/mol. The summed E-state index contributed by atoms with van der Waals surface area (Å²) >= 11 is 0. The maximum atomic E-state index is 13.4. The first-order valence-corrected chi connectivity index (χ1v) is 7.15. The van der Waals surface area contributed by atoms with Crippen LogP contribution >= 0.6 is 0 Å². The molecular weight excluding hydrogens is 325 g/mol. The average molecular weight is 340 g/mol. The molecule has 6 nitrogen and oxygen atoms in total. The minimum atomic E-state index is -4.50. The minimum absolute atomic E-state index is 0.0168. The van der Waals surface area contributed by atoms with E-state index >= 15 is 0 Å². The van der Waals surface area contributed by atoms with Crippen LogP contribution in [0.5, 0.6) is 5.75 Å². The number of nitrogens with zero attached hydrogens (tertiary/aromatic N) is 2. The zero-order chi connectivity index (χ0) is 17.5. The van der Waals surface area contributed by atoms with Crippen molar-refractivity contribution in [1.29, 1.82) is 0 Å². The Morgan fingerprint density at radius 2 is 2.04 bits per heavy atom. The maximum absolute atomic E-state index is 13.4. The highest BCUT2D eigenvalue weighted by Crippen LogP contribution is 2.44. The predicted octanol–water partition coefficient (Wildman–Crippen LogP) is 2.65. The molecule has 1 aromatic heterocycles. The lowest BCUT2D eigenvalue weighted by Gasteiger charge is -2.34. The van der Waals surface area contributed by atoms with Crippen molar-refractivity contribution in [1.82, 2.24) is 9.78 Å². The molecule has 2 aromatic rings. The fourth-order valence-corrected chi connectivity index (χ4v) is 2.80. The fraction of sp³-hybridized carbons (Fsp3) is 0.333. The second-order valence-corrected chi connectivity index (χ2v) is 5.48. The molecule has 3 N–H and O–H groups in total. The Morgan fingerprint density at radius 3 is 2.58 bits per heavy atom. The van der Waals surface area contributed by atoms with Crippen molar-refractivity contribution in [3.05, 3.63) is 41.6 Å². The number of nitrogens with two attached hydrogens (primary N) is 1. The molecule has 0 bridgehead atoms. The second kappa shape index (κ2) is 5.73. The van der Waals surface area contributed by atoms with Gasteiger partial charge >= 0.3 is 6.18 Å². The number of carbonyl (C=O) groups is 1. The molecule has 0 fully saturated rings. The van der Waals surface area contributed by atoms with Crippen LogP contribution in [0.15, 0.2) is 30.5 Å². The Morgan fingerprint density at radius 1 is 1.38 bits per heavy atom. The smallest absolute Gasteiger partial charge is 0.410 e. The Bertz CT molecular complexity index is 755. The van der Waals surface area contributed by atoms with Crippen LogP contribution in [-0.4, -0.2) is 29.0 Å². The van der Waals surface area contributed by atoms with Gasteiger partial charge in [0.25, 0.3) is 5.91 Å². The van der Waals surface area contributed by atoms with Gasteiger partial charge in [0, 0.05) is 6.42 Å². The number of alkyl halides is 3. The number of anilines is 1. The van der Waals surface area contributed by atoms with E-state index in [0.29, 0.717) is 11.3 Å². The van der Waals surface area contributed by atoms with Crippen LogP contribution in [-0.2, 0) is 0 Å². The monoisotopic (exact) mass is 340 g/mol. The molecule has 1 amide bonds. The molecule has 1 aromatic carbocycles. The third kappa shape index (κ3) is 2.77. The number of carbonyl (C=O) groups excluding carboxylic acids is 1. The largest absolute Gasteiger partial charge is 0.497 e. The first-order chi connectivity index (χ1) is 11.3. The van der Waals surface area contributed by atoms with Crippen LogP contribution < -0.4 is 15.8 Å². The van der Waals surface area contributed by atoms with Gasteiger partial charge in [0.05, 0.1) is 19.3 Å². The lowest BCUT2D eigenvalue weighted by Crippen LogP contribution is -2.36. The van der Waals surface area contributed by atoms with E-state index in [-0.39, 0.29) is 17.8 Å². The van der Waals surface area contributed by atoms with Crippen molar-refractivity contribution in [2.24, 2.45) is 5.73 Å². The molecule has 0 saturated heterocycles. The summed E-state index contributed by atoms with van der Waals surface area (Å²) in [7, 11) is 1.51. The van der Waals surface area contributed by atoms with Gasteiger partial charge in [0.2, 0.25) is 0 Å². The lowest BCUT2D eigenvalue weighted by molar-refractivity contribution is -0.173. The van der Waals surface area contributed by atoms with Gasteiger partial charge in [-0.05, 0) is 17.7 Å². The average Bonchev–Trinajstić information content (AvgIpc) is 2.97. The second-order valence-electron chi connectivity index (χ2n) is 5.48. The van der Waals surface area contributed by atoms with Gasteiger partial charge < -0.3 is 15.8 Å². The molecule has 0 radical (unpaired) electrons. The Hall–Kier alpha value is -2.71. The highest BCUT2D eigenvalue weighted by molar-refractivity contribution is 5.97. The Labute approximate surface area is 135 Å². The van der Waals surface area contributed by atoms with Gasteiger partial charge in [0.15, 0.2) is 6.04 Å². The third-order valence-electron chi connectivity index (χ3n) is 4.02.